The summed E-state index contributed by atoms with van der Waals surface area (Å²) in [6.07, 6.45) is -3.66. The third kappa shape index (κ3) is 3.62. The Kier molecular flexibility index (Phi) is 4.97. The molecule has 0 spiro atoms. The van der Waals surface area contributed by atoms with E-state index in [-0.39, 0.29) is 5.56 Å². The molecule has 0 aliphatic carbocycles. The van der Waals surface area contributed by atoms with Crippen LogP contribution in [-0.4, -0.2) is 14.9 Å². The van der Waals surface area contributed by atoms with E-state index in [0.717, 1.165) is 16.8 Å². The summed E-state index contributed by atoms with van der Waals surface area (Å²) in [7, 11) is 0. The lowest BCUT2D eigenvalue weighted by Crippen LogP contribution is -2.30. The molecule has 8 heteroatoms. The zero-order valence-corrected chi connectivity index (χ0v) is 15.0. The first-order chi connectivity index (χ1) is 13.1. The third-order valence-electron chi connectivity index (χ3n) is 4.44. The number of ketones is 1. The Morgan fingerprint density at radius 3 is 2.43 bits per heavy atom. The third-order valence-corrected chi connectivity index (χ3v) is 4.44. The Morgan fingerprint density at radius 2 is 1.79 bits per heavy atom. The van der Waals surface area contributed by atoms with E-state index in [1.54, 1.807) is 30.5 Å². The fraction of sp³-hybridized carbons (Fsp3) is 0.200. The number of aryl methyl sites for hydroxylation is 1. The molecule has 0 saturated heterocycles. The van der Waals surface area contributed by atoms with Crippen molar-refractivity contribution in [3.05, 3.63) is 87.3 Å². The van der Waals surface area contributed by atoms with Crippen LogP contribution in [0.25, 0.3) is 5.69 Å². The van der Waals surface area contributed by atoms with E-state index in [2.05, 4.69) is 0 Å². The molecule has 28 heavy (non-hydrogen) atoms. The van der Waals surface area contributed by atoms with Gasteiger partial charge in [-0.2, -0.15) is 13.2 Å². The summed E-state index contributed by atoms with van der Waals surface area (Å²) in [5.74, 6) is -0.953. The molecule has 4 nitrogen and oxygen atoms in total. The van der Waals surface area contributed by atoms with Gasteiger partial charge in [0.05, 0.1) is 6.54 Å². The number of carbonyl (C=O) groups excluding carboxylic acids is 1. The van der Waals surface area contributed by atoms with E-state index < -0.39 is 35.4 Å². The van der Waals surface area contributed by atoms with Crippen LogP contribution in [0, 0.1) is 19.7 Å². The number of hydrogen-bond donors (Lipinski definition) is 0. The topological polar surface area (TPSA) is 44.0 Å². The zero-order valence-electron chi connectivity index (χ0n) is 15.0. The van der Waals surface area contributed by atoms with Crippen LogP contribution in [0.2, 0.25) is 0 Å². The maximum Gasteiger partial charge on any atom is 0.421 e. The molecular formula is C20H16F4N2O2. The van der Waals surface area contributed by atoms with Crippen LogP contribution in [0.4, 0.5) is 17.6 Å². The van der Waals surface area contributed by atoms with E-state index in [1.165, 1.54) is 18.2 Å². The molecule has 2 heterocycles. The van der Waals surface area contributed by atoms with Gasteiger partial charge >= 0.3 is 6.18 Å². The fourth-order valence-electron chi connectivity index (χ4n) is 3.17. The normalized spacial score (nSPS) is 11.6. The maximum atomic E-state index is 13.5. The Morgan fingerprint density at radius 1 is 1.07 bits per heavy atom. The summed E-state index contributed by atoms with van der Waals surface area (Å²) < 4.78 is 54.6. The van der Waals surface area contributed by atoms with E-state index in [4.69, 9.17) is 0 Å². The number of pyridine rings is 1. The van der Waals surface area contributed by atoms with E-state index in [1.807, 2.05) is 0 Å². The van der Waals surface area contributed by atoms with Crippen LogP contribution in [0.3, 0.4) is 0 Å². The largest absolute Gasteiger partial charge is 0.421 e. The van der Waals surface area contributed by atoms with Crippen molar-refractivity contribution in [2.45, 2.75) is 26.6 Å². The summed E-state index contributed by atoms with van der Waals surface area (Å²) in [4.78, 5) is 24.7. The summed E-state index contributed by atoms with van der Waals surface area (Å²) in [6, 6.07) is 9.14. The first-order valence-electron chi connectivity index (χ1n) is 8.34. The highest BCUT2D eigenvalue weighted by molar-refractivity contribution is 5.97. The number of nitrogens with zero attached hydrogens (tertiary/aromatic N) is 2. The van der Waals surface area contributed by atoms with Crippen LogP contribution in [0.5, 0.6) is 0 Å². The minimum atomic E-state index is -4.80. The highest BCUT2D eigenvalue weighted by Crippen LogP contribution is 2.26. The van der Waals surface area contributed by atoms with Gasteiger partial charge in [0.25, 0.3) is 5.56 Å². The quantitative estimate of drug-likeness (QED) is 0.491. The van der Waals surface area contributed by atoms with Gasteiger partial charge in [-0.1, -0.05) is 6.07 Å². The van der Waals surface area contributed by atoms with Crippen LogP contribution in [0.15, 0.2) is 53.5 Å². The van der Waals surface area contributed by atoms with Crippen LogP contribution < -0.4 is 5.56 Å². The Hall–Kier alpha value is -3.16. The number of hydrogen-bond acceptors (Lipinski definition) is 2. The Balaban J connectivity index is 1.98. The van der Waals surface area contributed by atoms with Crippen molar-refractivity contribution in [3.8, 4) is 5.69 Å². The standard InChI is InChI=1S/C20H16F4N2O2/c1-12-9-16(13(2)26(12)15-6-3-5-14(21)10-15)18(27)11-25-8-4-7-17(19(25)28)20(22,23)24/h3-10H,11H2,1-2H3. The highest BCUT2D eigenvalue weighted by atomic mass is 19.4. The summed E-state index contributed by atoms with van der Waals surface area (Å²) in [6.45, 7) is 2.85. The van der Waals surface area contributed by atoms with Gasteiger partial charge in [0.2, 0.25) is 0 Å². The minimum Gasteiger partial charge on any atom is -0.318 e. The average molecular weight is 392 g/mol. The molecule has 0 saturated carbocycles. The van der Waals surface area contributed by atoms with E-state index in [9.17, 15) is 27.2 Å². The second-order valence-corrected chi connectivity index (χ2v) is 6.38. The first-order valence-corrected chi connectivity index (χ1v) is 8.34. The number of alkyl halides is 3. The molecule has 3 rings (SSSR count). The molecule has 2 aromatic heterocycles. The van der Waals surface area contributed by atoms with Crippen molar-refractivity contribution in [2.75, 3.05) is 0 Å². The summed E-state index contributed by atoms with van der Waals surface area (Å²) in [5.41, 5.74) is -0.664. The van der Waals surface area contributed by atoms with Crippen LogP contribution in [-0.2, 0) is 12.7 Å². The lowest BCUT2D eigenvalue weighted by atomic mass is 10.1. The molecule has 0 unspecified atom stereocenters. The smallest absolute Gasteiger partial charge is 0.318 e. The number of Topliss-reactive ketones (excluding diaryl/α,β-unsaturated/α-hetero) is 1. The van der Waals surface area contributed by atoms with Crippen molar-refractivity contribution >= 4 is 5.78 Å². The first kappa shape index (κ1) is 19.6. The maximum absolute atomic E-state index is 13.5. The molecule has 0 N–H and O–H groups in total. The van der Waals surface area contributed by atoms with Crippen molar-refractivity contribution in [1.29, 1.82) is 0 Å². The van der Waals surface area contributed by atoms with Gasteiger partial charge in [0.15, 0.2) is 5.78 Å². The molecule has 146 valence electrons. The molecule has 0 fully saturated rings. The average Bonchev–Trinajstić information content (AvgIpc) is 2.90. The molecule has 3 aromatic rings. The van der Waals surface area contributed by atoms with Gasteiger partial charge in [-0.15, -0.1) is 0 Å². The van der Waals surface area contributed by atoms with Gasteiger partial charge in [0.1, 0.15) is 11.4 Å². The lowest BCUT2D eigenvalue weighted by Gasteiger charge is -2.11. The number of aromatic nitrogens is 2. The lowest BCUT2D eigenvalue weighted by molar-refractivity contribution is -0.138. The number of rotatable bonds is 4. The molecule has 0 atom stereocenters. The fourth-order valence-corrected chi connectivity index (χ4v) is 3.17. The molecule has 1 aromatic carbocycles. The number of halogens is 4. The summed E-state index contributed by atoms with van der Waals surface area (Å²) in [5, 5.41) is 0. The molecule has 0 bridgehead atoms. The predicted molar refractivity (Wildman–Crippen MR) is 95.2 cm³/mol. The Bertz CT molecular complexity index is 1110. The van der Waals surface area contributed by atoms with Gasteiger partial charge in [0, 0.05) is 28.8 Å². The molecular weight excluding hydrogens is 376 g/mol. The SMILES string of the molecule is Cc1cc(C(=O)Cn2cccc(C(F)(F)F)c2=O)c(C)n1-c1cccc(F)c1. The van der Waals surface area contributed by atoms with Gasteiger partial charge in [-0.05, 0) is 50.2 Å². The molecule has 0 amide bonds. The van der Waals surface area contributed by atoms with Gasteiger partial charge < -0.3 is 9.13 Å². The minimum absolute atomic E-state index is 0.256. The van der Waals surface area contributed by atoms with E-state index >= 15 is 0 Å². The number of carbonyl (C=O) groups is 1. The predicted octanol–water partition coefficient (Wildman–Crippen LogP) is 4.30. The zero-order chi connectivity index (χ0) is 20.6. The van der Waals surface area contributed by atoms with Crippen LogP contribution >= 0.6 is 0 Å². The monoisotopic (exact) mass is 392 g/mol. The highest BCUT2D eigenvalue weighted by Gasteiger charge is 2.34. The van der Waals surface area contributed by atoms with Crippen LogP contribution in [0.1, 0.15) is 27.3 Å². The van der Waals surface area contributed by atoms with Gasteiger partial charge in [-0.3, -0.25) is 9.59 Å². The van der Waals surface area contributed by atoms with Crippen molar-refractivity contribution in [3.63, 3.8) is 0 Å². The summed E-state index contributed by atoms with van der Waals surface area (Å²) >= 11 is 0. The van der Waals surface area contributed by atoms with E-state index in [0.29, 0.717) is 23.1 Å². The second-order valence-electron chi connectivity index (χ2n) is 6.38. The Labute approximate surface area is 157 Å². The molecule has 0 radical (unpaired) electrons. The van der Waals surface area contributed by atoms with Crippen molar-refractivity contribution in [1.82, 2.24) is 9.13 Å². The molecule has 0 aliphatic rings. The number of benzene rings is 1. The van der Waals surface area contributed by atoms with Crippen molar-refractivity contribution < 1.29 is 22.4 Å². The van der Waals surface area contributed by atoms with Crippen molar-refractivity contribution in [2.24, 2.45) is 0 Å². The second kappa shape index (κ2) is 7.10. The molecule has 0 aliphatic heterocycles. The van der Waals surface area contributed by atoms with Gasteiger partial charge in [-0.25, -0.2) is 4.39 Å².